The largest absolute Gasteiger partial charge is 0.396 e. The number of hydrogen-bond donors (Lipinski definition) is 9. The van der Waals surface area contributed by atoms with Crippen molar-refractivity contribution in [3.05, 3.63) is 0 Å². The SMILES string of the molecule is CCOC(C)(OC)OC(C(CO)(CO)CO)C(C)(OC)OCC.OP(O)O.OP(O)O. The molecular formula is C15H38O14P2. The molecule has 14 nitrogen and oxygen atoms in total. The summed E-state index contributed by atoms with van der Waals surface area (Å²) < 4.78 is 27.7. The molecule has 192 valence electrons. The van der Waals surface area contributed by atoms with E-state index in [9.17, 15) is 15.3 Å². The number of methoxy groups -OCH3 is 2. The van der Waals surface area contributed by atoms with Gasteiger partial charge in [0.2, 0.25) is 0 Å². The lowest BCUT2D eigenvalue weighted by Crippen LogP contribution is -2.62. The van der Waals surface area contributed by atoms with Crippen LogP contribution in [0.1, 0.15) is 27.7 Å². The highest BCUT2D eigenvalue weighted by atomic mass is 31.2. The molecule has 0 saturated carbocycles. The van der Waals surface area contributed by atoms with Gasteiger partial charge in [-0.05, 0) is 20.8 Å². The van der Waals surface area contributed by atoms with Gasteiger partial charge in [0.1, 0.15) is 6.10 Å². The molecule has 9 N–H and O–H groups in total. The van der Waals surface area contributed by atoms with E-state index in [-0.39, 0.29) is 0 Å². The summed E-state index contributed by atoms with van der Waals surface area (Å²) in [6.07, 6.45) is -1.09. The van der Waals surface area contributed by atoms with Gasteiger partial charge in [0.25, 0.3) is 5.97 Å². The van der Waals surface area contributed by atoms with E-state index < -0.39 is 60.3 Å². The molecule has 16 heteroatoms. The Bertz CT molecular complexity index is 395. The third-order valence-electron chi connectivity index (χ3n) is 3.92. The van der Waals surface area contributed by atoms with Crippen LogP contribution in [0.15, 0.2) is 0 Å². The third kappa shape index (κ3) is 14.9. The average Bonchev–Trinajstić information content (AvgIpc) is 2.68. The van der Waals surface area contributed by atoms with E-state index in [1.54, 1.807) is 27.7 Å². The van der Waals surface area contributed by atoms with Crippen LogP contribution in [0.2, 0.25) is 0 Å². The van der Waals surface area contributed by atoms with Gasteiger partial charge in [0.05, 0.1) is 25.2 Å². The molecule has 0 amide bonds. The van der Waals surface area contributed by atoms with E-state index in [0.717, 1.165) is 0 Å². The third-order valence-corrected chi connectivity index (χ3v) is 3.92. The number of aliphatic hydroxyl groups excluding tert-OH is 3. The first-order chi connectivity index (χ1) is 14.2. The summed E-state index contributed by atoms with van der Waals surface area (Å²) in [6, 6.07) is 0. The minimum atomic E-state index is -2.62. The van der Waals surface area contributed by atoms with Crippen molar-refractivity contribution in [1.82, 2.24) is 0 Å². The summed E-state index contributed by atoms with van der Waals surface area (Å²) in [5, 5.41) is 29.3. The minimum absolute atomic E-state index is 0.293. The van der Waals surface area contributed by atoms with Crippen LogP contribution < -0.4 is 0 Å². The topological polar surface area (TPSA) is 228 Å². The highest BCUT2D eigenvalue weighted by molar-refractivity contribution is 7.38. The normalized spacial score (nSPS) is 16.5. The van der Waals surface area contributed by atoms with Gasteiger partial charge in [-0.2, -0.15) is 0 Å². The molecule has 0 fully saturated rings. The van der Waals surface area contributed by atoms with E-state index >= 15 is 0 Å². The maximum atomic E-state index is 9.78. The van der Waals surface area contributed by atoms with Crippen molar-refractivity contribution in [3.8, 4) is 0 Å². The lowest BCUT2D eigenvalue weighted by molar-refractivity contribution is -0.424. The molecule has 0 aromatic rings. The molecule has 3 atom stereocenters. The number of aliphatic hydroxyl groups is 3. The van der Waals surface area contributed by atoms with Gasteiger partial charge in [0.15, 0.2) is 5.79 Å². The van der Waals surface area contributed by atoms with Gasteiger partial charge < -0.3 is 68.4 Å². The molecule has 0 heterocycles. The van der Waals surface area contributed by atoms with Crippen LogP contribution in [0, 0.1) is 5.41 Å². The Hall–Kier alpha value is 0.300. The number of hydrogen-bond acceptors (Lipinski definition) is 14. The van der Waals surface area contributed by atoms with Crippen molar-refractivity contribution in [2.45, 2.75) is 45.6 Å². The van der Waals surface area contributed by atoms with Crippen LogP contribution >= 0.6 is 17.2 Å². The number of ether oxygens (including phenoxy) is 5. The van der Waals surface area contributed by atoms with Gasteiger partial charge in [-0.1, -0.05) is 0 Å². The van der Waals surface area contributed by atoms with Gasteiger partial charge in [-0.3, -0.25) is 0 Å². The fourth-order valence-corrected chi connectivity index (χ4v) is 2.33. The lowest BCUT2D eigenvalue weighted by Gasteiger charge is -2.48. The molecule has 0 saturated heterocycles. The Kier molecular flexibility index (Phi) is 21.6. The first kappa shape index (κ1) is 35.9. The van der Waals surface area contributed by atoms with Crippen molar-refractivity contribution >= 4 is 17.2 Å². The van der Waals surface area contributed by atoms with Crippen LogP contribution in [-0.2, 0) is 23.7 Å². The predicted octanol–water partition coefficient (Wildman–Crippen LogP) is -1.53. The first-order valence-electron chi connectivity index (χ1n) is 8.85. The maximum Gasteiger partial charge on any atom is 0.324 e. The molecule has 3 unspecified atom stereocenters. The monoisotopic (exact) mass is 504 g/mol. The molecule has 0 aromatic heterocycles. The van der Waals surface area contributed by atoms with Gasteiger partial charge in [-0.15, -0.1) is 0 Å². The molecule has 0 radical (unpaired) electrons. The highest BCUT2D eigenvalue weighted by Crippen LogP contribution is 2.37. The van der Waals surface area contributed by atoms with Crippen LogP contribution in [0.4, 0.5) is 0 Å². The van der Waals surface area contributed by atoms with Crippen molar-refractivity contribution in [1.29, 1.82) is 0 Å². The molecule has 31 heavy (non-hydrogen) atoms. The molecule has 0 aliphatic carbocycles. The zero-order chi connectivity index (χ0) is 25.3. The van der Waals surface area contributed by atoms with Gasteiger partial charge in [0, 0.05) is 34.4 Å². The van der Waals surface area contributed by atoms with Crippen LogP contribution in [0.3, 0.4) is 0 Å². The summed E-state index contributed by atoms with van der Waals surface area (Å²) in [6.45, 7) is 5.62. The number of rotatable bonds is 13. The predicted molar refractivity (Wildman–Crippen MR) is 110 cm³/mol. The van der Waals surface area contributed by atoms with E-state index in [1.807, 2.05) is 0 Å². The zero-order valence-electron chi connectivity index (χ0n) is 18.6. The minimum Gasteiger partial charge on any atom is -0.396 e. The van der Waals surface area contributed by atoms with Crippen molar-refractivity contribution < 1.29 is 68.4 Å². The Morgan fingerprint density at radius 3 is 1.29 bits per heavy atom. The molecule has 0 bridgehead atoms. The van der Waals surface area contributed by atoms with E-state index in [1.165, 1.54) is 14.2 Å². The fraction of sp³-hybridized carbons (Fsp3) is 1.00. The van der Waals surface area contributed by atoms with Crippen molar-refractivity contribution in [3.63, 3.8) is 0 Å². The Morgan fingerprint density at radius 1 is 0.710 bits per heavy atom. The van der Waals surface area contributed by atoms with Crippen LogP contribution in [-0.4, -0.2) is 110 Å². The summed E-state index contributed by atoms with van der Waals surface area (Å²) in [5.41, 5.74) is -1.43. The Morgan fingerprint density at radius 2 is 1.06 bits per heavy atom. The molecule has 0 aliphatic rings. The first-order valence-corrected chi connectivity index (χ1v) is 11.3. The molecule has 0 aliphatic heterocycles. The Balaban J connectivity index is -0.000000832. The standard InChI is InChI=1S/C15H32O8.2H3O3P/c1-7-21-13(3,19-5)12(15(9-16,10-17)11-18)23-14(4,20-6)22-8-2;2*1-4(2)3/h12,16-18H,7-11H2,1-6H3;2*1-3H. The van der Waals surface area contributed by atoms with Gasteiger partial charge in [-0.25, -0.2) is 0 Å². The summed E-state index contributed by atoms with van der Waals surface area (Å²) in [4.78, 5) is 43.4. The highest BCUT2D eigenvalue weighted by Gasteiger charge is 2.54. The summed E-state index contributed by atoms with van der Waals surface area (Å²) >= 11 is 0. The van der Waals surface area contributed by atoms with Crippen LogP contribution in [0.5, 0.6) is 0 Å². The molecular weight excluding hydrogens is 466 g/mol. The quantitative estimate of drug-likeness (QED) is 0.102. The second-order valence-electron chi connectivity index (χ2n) is 6.02. The van der Waals surface area contributed by atoms with E-state index in [4.69, 9.17) is 53.0 Å². The van der Waals surface area contributed by atoms with E-state index in [0.29, 0.717) is 13.2 Å². The summed E-state index contributed by atoms with van der Waals surface area (Å²) in [7, 11) is -2.43. The second-order valence-corrected chi connectivity index (χ2v) is 7.10. The van der Waals surface area contributed by atoms with Crippen molar-refractivity contribution in [2.24, 2.45) is 5.41 Å². The maximum absolute atomic E-state index is 9.78. The Labute approximate surface area is 184 Å². The second kappa shape index (κ2) is 18.7. The smallest absolute Gasteiger partial charge is 0.324 e. The average molecular weight is 504 g/mol. The van der Waals surface area contributed by atoms with Gasteiger partial charge >= 0.3 is 17.2 Å². The summed E-state index contributed by atoms with van der Waals surface area (Å²) in [5.74, 6) is -2.83. The lowest BCUT2D eigenvalue weighted by atomic mass is 9.80. The zero-order valence-corrected chi connectivity index (χ0v) is 20.4. The van der Waals surface area contributed by atoms with Crippen molar-refractivity contribution in [2.75, 3.05) is 47.3 Å². The molecule has 0 aromatic carbocycles. The molecule has 0 spiro atoms. The van der Waals surface area contributed by atoms with Crippen LogP contribution in [0.25, 0.3) is 0 Å². The van der Waals surface area contributed by atoms with E-state index in [2.05, 4.69) is 0 Å². The molecule has 0 rings (SSSR count). The fourth-order valence-electron chi connectivity index (χ4n) is 2.33.